The van der Waals surface area contributed by atoms with Crippen molar-refractivity contribution in [2.45, 2.75) is 11.7 Å². The van der Waals surface area contributed by atoms with E-state index in [1.165, 1.54) is 41.6 Å². The number of carboxylic acid groups (broad SMARTS) is 1. The Balaban J connectivity index is 1.90. The van der Waals surface area contributed by atoms with Crippen molar-refractivity contribution in [1.29, 1.82) is 0 Å². The maximum atomic E-state index is 13.1. The Bertz CT molecular complexity index is 834. The van der Waals surface area contributed by atoms with E-state index in [2.05, 4.69) is 10.2 Å². The SMILES string of the molecule is O=C(O)CC1S/C(=N/N=C\c2ccco2)N(c2ccc(F)cc2)C1=O. The van der Waals surface area contributed by atoms with Gasteiger partial charge in [-0.3, -0.25) is 14.5 Å². The first-order chi connectivity index (χ1) is 12.0. The topological polar surface area (TPSA) is 95.5 Å². The van der Waals surface area contributed by atoms with Gasteiger partial charge in [-0.15, -0.1) is 5.10 Å². The molecule has 9 heteroatoms. The van der Waals surface area contributed by atoms with Gasteiger partial charge in [0.2, 0.25) is 5.91 Å². The van der Waals surface area contributed by atoms with Crippen LogP contribution in [-0.2, 0) is 9.59 Å². The molecular weight excluding hydrogens is 349 g/mol. The first kappa shape index (κ1) is 16.9. The van der Waals surface area contributed by atoms with E-state index in [0.717, 1.165) is 11.8 Å². The van der Waals surface area contributed by atoms with Crippen molar-refractivity contribution in [2.75, 3.05) is 4.90 Å². The molecule has 7 nitrogen and oxygen atoms in total. The standard InChI is InChI=1S/C16H12FN3O4S/c17-10-3-5-11(6-4-10)20-15(23)13(8-14(21)22)25-16(20)19-18-9-12-2-1-7-24-12/h1-7,9,13H,8H2,(H,21,22)/b18-9-,19-16+. The highest BCUT2D eigenvalue weighted by Gasteiger charge is 2.40. The number of furan rings is 1. The summed E-state index contributed by atoms with van der Waals surface area (Å²) in [6, 6.07) is 8.63. The Morgan fingerprint density at radius 1 is 1.36 bits per heavy atom. The maximum Gasteiger partial charge on any atom is 0.305 e. The molecule has 0 bridgehead atoms. The fourth-order valence-corrected chi connectivity index (χ4v) is 3.23. The number of rotatable bonds is 5. The summed E-state index contributed by atoms with van der Waals surface area (Å²) in [6.07, 6.45) is 2.50. The molecule has 0 spiro atoms. The van der Waals surface area contributed by atoms with Crippen molar-refractivity contribution < 1.29 is 23.5 Å². The van der Waals surface area contributed by atoms with Gasteiger partial charge in [0.25, 0.3) is 0 Å². The first-order valence-corrected chi connectivity index (χ1v) is 8.05. The number of nitrogens with zero attached hydrogens (tertiary/aromatic N) is 3. The largest absolute Gasteiger partial charge is 0.481 e. The van der Waals surface area contributed by atoms with Crippen molar-refractivity contribution in [3.05, 3.63) is 54.2 Å². The maximum absolute atomic E-state index is 13.1. The summed E-state index contributed by atoms with van der Waals surface area (Å²) in [4.78, 5) is 24.7. The van der Waals surface area contributed by atoms with Gasteiger partial charge in [-0.2, -0.15) is 5.10 Å². The van der Waals surface area contributed by atoms with Gasteiger partial charge in [-0.1, -0.05) is 11.8 Å². The van der Waals surface area contributed by atoms with E-state index in [9.17, 15) is 14.0 Å². The molecule has 0 radical (unpaired) electrons. The third kappa shape index (κ3) is 3.94. The number of carbonyl (C=O) groups excluding carboxylic acids is 1. The molecule has 3 rings (SSSR count). The van der Waals surface area contributed by atoms with Crippen LogP contribution in [0.25, 0.3) is 0 Å². The zero-order valence-electron chi connectivity index (χ0n) is 12.7. The molecular formula is C16H12FN3O4S. The van der Waals surface area contributed by atoms with Crippen LogP contribution in [0.4, 0.5) is 10.1 Å². The minimum absolute atomic E-state index is 0.214. The molecule has 2 heterocycles. The fourth-order valence-electron chi connectivity index (χ4n) is 2.15. The predicted molar refractivity (Wildman–Crippen MR) is 91.3 cm³/mol. The highest BCUT2D eigenvalue weighted by atomic mass is 32.2. The number of halogens is 1. The number of benzene rings is 1. The summed E-state index contributed by atoms with van der Waals surface area (Å²) in [7, 11) is 0. The number of carbonyl (C=O) groups is 2. The van der Waals surface area contributed by atoms with Gasteiger partial charge in [0.15, 0.2) is 5.17 Å². The predicted octanol–water partition coefficient (Wildman–Crippen LogP) is 2.73. The highest BCUT2D eigenvalue weighted by Crippen LogP contribution is 2.33. The summed E-state index contributed by atoms with van der Waals surface area (Å²) in [5, 5.41) is 16.2. The van der Waals surface area contributed by atoms with E-state index in [0.29, 0.717) is 11.4 Å². The Hall–Kier alpha value is -2.94. The first-order valence-electron chi connectivity index (χ1n) is 7.17. The lowest BCUT2D eigenvalue weighted by Gasteiger charge is -2.15. The van der Waals surface area contributed by atoms with Gasteiger partial charge < -0.3 is 9.52 Å². The van der Waals surface area contributed by atoms with Gasteiger partial charge in [0.05, 0.1) is 24.6 Å². The molecule has 1 unspecified atom stereocenters. The number of anilines is 1. The van der Waals surface area contributed by atoms with Gasteiger partial charge in [-0.25, -0.2) is 4.39 Å². The molecule has 1 fully saturated rings. The minimum atomic E-state index is -1.09. The molecule has 2 aromatic rings. The van der Waals surface area contributed by atoms with Crippen LogP contribution in [0.2, 0.25) is 0 Å². The molecule has 0 aliphatic carbocycles. The molecule has 1 amide bonds. The summed E-state index contributed by atoms with van der Waals surface area (Å²) >= 11 is 0.999. The summed E-state index contributed by atoms with van der Waals surface area (Å²) in [5.74, 6) is -1.50. The van der Waals surface area contributed by atoms with Crippen molar-refractivity contribution in [2.24, 2.45) is 10.2 Å². The fraction of sp³-hybridized carbons (Fsp3) is 0.125. The molecule has 1 N–H and O–H groups in total. The second kappa shape index (κ2) is 7.31. The van der Waals surface area contributed by atoms with Gasteiger partial charge in [0, 0.05) is 0 Å². The van der Waals surface area contributed by atoms with E-state index in [1.807, 2.05) is 0 Å². The van der Waals surface area contributed by atoms with Gasteiger partial charge in [-0.05, 0) is 36.4 Å². The average molecular weight is 361 g/mol. The summed E-state index contributed by atoms with van der Waals surface area (Å²) in [5.41, 5.74) is 0.388. The molecule has 1 aliphatic rings. The number of hydrogen-bond acceptors (Lipinski definition) is 6. The molecule has 1 atom stereocenters. The van der Waals surface area contributed by atoms with E-state index >= 15 is 0 Å². The quantitative estimate of drug-likeness (QED) is 0.653. The van der Waals surface area contributed by atoms with Crippen LogP contribution in [0.15, 0.2) is 57.3 Å². The number of carboxylic acids is 1. The van der Waals surface area contributed by atoms with Crippen LogP contribution in [0.3, 0.4) is 0 Å². The highest BCUT2D eigenvalue weighted by molar-refractivity contribution is 8.16. The lowest BCUT2D eigenvalue weighted by Crippen LogP contribution is -2.32. The second-order valence-corrected chi connectivity index (χ2v) is 6.17. The molecule has 1 saturated heterocycles. The molecule has 1 aromatic heterocycles. The van der Waals surface area contributed by atoms with E-state index in [4.69, 9.17) is 9.52 Å². The number of amidine groups is 1. The Morgan fingerprint density at radius 2 is 2.12 bits per heavy atom. The second-order valence-electron chi connectivity index (χ2n) is 5.00. The van der Waals surface area contributed by atoms with Crippen molar-refractivity contribution in [1.82, 2.24) is 0 Å². The molecule has 1 aromatic carbocycles. The Morgan fingerprint density at radius 3 is 2.76 bits per heavy atom. The zero-order valence-corrected chi connectivity index (χ0v) is 13.5. The van der Waals surface area contributed by atoms with Crippen molar-refractivity contribution >= 4 is 40.7 Å². The summed E-state index contributed by atoms with van der Waals surface area (Å²) < 4.78 is 18.2. The molecule has 0 saturated carbocycles. The number of aliphatic carboxylic acids is 1. The smallest absolute Gasteiger partial charge is 0.305 e. The lowest BCUT2D eigenvalue weighted by atomic mass is 10.2. The van der Waals surface area contributed by atoms with Crippen molar-refractivity contribution in [3.8, 4) is 0 Å². The zero-order chi connectivity index (χ0) is 17.8. The van der Waals surface area contributed by atoms with E-state index in [1.54, 1.807) is 12.1 Å². The number of amides is 1. The van der Waals surface area contributed by atoms with Crippen LogP contribution in [0.1, 0.15) is 12.2 Å². The summed E-state index contributed by atoms with van der Waals surface area (Å²) in [6.45, 7) is 0. The van der Waals surface area contributed by atoms with Crippen LogP contribution in [-0.4, -0.2) is 33.6 Å². The molecule has 25 heavy (non-hydrogen) atoms. The lowest BCUT2D eigenvalue weighted by molar-refractivity contribution is -0.138. The number of hydrogen-bond donors (Lipinski definition) is 1. The third-order valence-corrected chi connectivity index (χ3v) is 4.38. The van der Waals surface area contributed by atoms with Gasteiger partial charge in [0.1, 0.15) is 16.8 Å². The normalized spacial score (nSPS) is 19.2. The van der Waals surface area contributed by atoms with E-state index < -0.39 is 22.9 Å². The van der Waals surface area contributed by atoms with Crippen LogP contribution < -0.4 is 4.90 Å². The van der Waals surface area contributed by atoms with Crippen molar-refractivity contribution in [3.63, 3.8) is 0 Å². The van der Waals surface area contributed by atoms with Crippen LogP contribution in [0, 0.1) is 5.82 Å². The number of thioether (sulfide) groups is 1. The average Bonchev–Trinajstić information content (AvgIpc) is 3.18. The Labute approximate surface area is 145 Å². The third-order valence-electron chi connectivity index (χ3n) is 3.25. The van der Waals surface area contributed by atoms with E-state index in [-0.39, 0.29) is 11.6 Å². The Kier molecular flexibility index (Phi) is 4.94. The molecule has 128 valence electrons. The van der Waals surface area contributed by atoms with Crippen LogP contribution >= 0.6 is 11.8 Å². The van der Waals surface area contributed by atoms with Gasteiger partial charge >= 0.3 is 5.97 Å². The monoisotopic (exact) mass is 361 g/mol. The minimum Gasteiger partial charge on any atom is -0.481 e. The van der Waals surface area contributed by atoms with Crippen LogP contribution in [0.5, 0.6) is 0 Å². The molecule has 1 aliphatic heterocycles.